The summed E-state index contributed by atoms with van der Waals surface area (Å²) in [6.07, 6.45) is 2.45. The third-order valence-electron chi connectivity index (χ3n) is 2.41. The number of aryl methyl sites for hydroxylation is 1. The number of hydrogen-bond acceptors (Lipinski definition) is 4. The Bertz CT molecular complexity index is 477. The van der Waals surface area contributed by atoms with E-state index in [9.17, 15) is 0 Å². The van der Waals surface area contributed by atoms with Gasteiger partial charge in [-0.25, -0.2) is 4.98 Å². The molecule has 0 aromatic carbocycles. The topological polar surface area (TPSA) is 55.1 Å². The number of nitrogens with one attached hydrogen (secondary N) is 1. The van der Waals surface area contributed by atoms with Crippen LogP contribution in [0, 0.1) is 6.92 Å². The van der Waals surface area contributed by atoms with Gasteiger partial charge < -0.3 is 5.32 Å². The normalized spacial score (nSPS) is 12.9. The van der Waals surface area contributed by atoms with Crippen LogP contribution in [0.1, 0.15) is 19.0 Å². The fraction of sp³-hybridized carbons (Fsp3) is 0.500. The smallest absolute Gasteiger partial charge is 0.254 e. The number of rotatable bonds is 4. The van der Waals surface area contributed by atoms with Crippen molar-refractivity contribution in [2.45, 2.75) is 26.3 Å². The molecule has 0 bridgehead atoms. The van der Waals surface area contributed by atoms with E-state index in [0.717, 1.165) is 17.9 Å². The van der Waals surface area contributed by atoms with Crippen molar-refractivity contribution >= 4 is 23.2 Å². The Hall–Kier alpha value is -1.36. The van der Waals surface area contributed by atoms with Crippen molar-refractivity contribution in [3.05, 3.63) is 18.1 Å². The molecular formula is C10H14ClN5. The molecule has 0 saturated heterocycles. The minimum atomic E-state index is 0.232. The van der Waals surface area contributed by atoms with Gasteiger partial charge in [0.25, 0.3) is 5.78 Å². The van der Waals surface area contributed by atoms with Crippen molar-refractivity contribution < 1.29 is 0 Å². The van der Waals surface area contributed by atoms with E-state index in [0.29, 0.717) is 11.7 Å². The quantitative estimate of drug-likeness (QED) is 0.828. The van der Waals surface area contributed by atoms with Crippen molar-refractivity contribution in [2.75, 3.05) is 11.2 Å². The summed E-state index contributed by atoms with van der Waals surface area (Å²) in [6.45, 7) is 4.02. The highest BCUT2D eigenvalue weighted by Crippen LogP contribution is 2.12. The number of aromatic nitrogens is 4. The van der Waals surface area contributed by atoms with Crippen LogP contribution in [0.5, 0.6) is 0 Å². The molecule has 2 aromatic heterocycles. The minimum absolute atomic E-state index is 0.232. The maximum atomic E-state index is 5.86. The van der Waals surface area contributed by atoms with Crippen molar-refractivity contribution in [1.82, 2.24) is 19.6 Å². The molecule has 0 aliphatic rings. The number of alkyl halides is 1. The van der Waals surface area contributed by atoms with E-state index in [1.165, 1.54) is 6.33 Å². The first kappa shape index (κ1) is 11.1. The maximum Gasteiger partial charge on any atom is 0.254 e. The molecule has 0 amide bonds. The predicted molar refractivity (Wildman–Crippen MR) is 63.9 cm³/mol. The first-order valence-corrected chi connectivity index (χ1v) is 5.78. The van der Waals surface area contributed by atoms with Crippen LogP contribution in [0.4, 0.5) is 5.82 Å². The molecule has 0 radical (unpaired) electrons. The molecule has 0 aliphatic heterocycles. The molecule has 86 valence electrons. The lowest BCUT2D eigenvalue weighted by Gasteiger charge is -2.15. The van der Waals surface area contributed by atoms with E-state index in [4.69, 9.17) is 11.6 Å². The highest BCUT2D eigenvalue weighted by molar-refractivity contribution is 6.18. The minimum Gasteiger partial charge on any atom is -0.366 e. The Morgan fingerprint density at radius 3 is 3.06 bits per heavy atom. The monoisotopic (exact) mass is 239 g/mol. The molecule has 16 heavy (non-hydrogen) atoms. The van der Waals surface area contributed by atoms with Gasteiger partial charge in [0.2, 0.25) is 0 Å². The average Bonchev–Trinajstić information content (AvgIpc) is 2.73. The largest absolute Gasteiger partial charge is 0.366 e. The number of nitrogens with zero attached hydrogens (tertiary/aromatic N) is 4. The van der Waals surface area contributed by atoms with Crippen LogP contribution in [0.15, 0.2) is 12.4 Å². The molecular weight excluding hydrogens is 226 g/mol. The second-order valence-electron chi connectivity index (χ2n) is 3.66. The Labute approximate surface area is 98.9 Å². The lowest BCUT2D eigenvalue weighted by atomic mass is 10.2. The van der Waals surface area contributed by atoms with Gasteiger partial charge in [-0.3, -0.25) is 0 Å². The molecule has 1 N–H and O–H groups in total. The fourth-order valence-electron chi connectivity index (χ4n) is 1.49. The number of halogens is 1. The van der Waals surface area contributed by atoms with Gasteiger partial charge in [-0.15, -0.1) is 11.6 Å². The molecule has 2 rings (SSSR count). The molecule has 6 heteroatoms. The standard InChI is InChI=1S/C10H14ClN5/c1-3-8(5-11)15-9-4-7(2)14-10-12-6-13-16(9)10/h4,6,8,15H,3,5H2,1-2H3. The van der Waals surface area contributed by atoms with Crippen LogP contribution in [-0.4, -0.2) is 31.5 Å². The summed E-state index contributed by atoms with van der Waals surface area (Å²) in [5, 5.41) is 7.46. The zero-order chi connectivity index (χ0) is 11.5. The summed E-state index contributed by atoms with van der Waals surface area (Å²) in [7, 11) is 0. The molecule has 2 heterocycles. The van der Waals surface area contributed by atoms with Crippen LogP contribution in [0.2, 0.25) is 0 Å². The van der Waals surface area contributed by atoms with Gasteiger partial charge in [-0.2, -0.15) is 14.6 Å². The van der Waals surface area contributed by atoms with E-state index >= 15 is 0 Å². The summed E-state index contributed by atoms with van der Waals surface area (Å²) >= 11 is 5.86. The van der Waals surface area contributed by atoms with Crippen LogP contribution in [0.25, 0.3) is 5.78 Å². The van der Waals surface area contributed by atoms with Crippen molar-refractivity contribution in [3.63, 3.8) is 0 Å². The third-order valence-corrected chi connectivity index (χ3v) is 2.78. The Morgan fingerprint density at radius 1 is 1.56 bits per heavy atom. The summed E-state index contributed by atoms with van der Waals surface area (Å²) in [5.41, 5.74) is 0.910. The van der Waals surface area contributed by atoms with Gasteiger partial charge in [0, 0.05) is 23.7 Å². The summed E-state index contributed by atoms with van der Waals surface area (Å²) in [4.78, 5) is 8.34. The Kier molecular flexibility index (Phi) is 3.24. The van der Waals surface area contributed by atoms with Crippen molar-refractivity contribution in [2.24, 2.45) is 0 Å². The molecule has 1 atom stereocenters. The second-order valence-corrected chi connectivity index (χ2v) is 3.97. The zero-order valence-corrected chi connectivity index (χ0v) is 10.1. The van der Waals surface area contributed by atoms with E-state index in [-0.39, 0.29) is 6.04 Å². The molecule has 0 fully saturated rings. The van der Waals surface area contributed by atoms with E-state index in [1.807, 2.05) is 13.0 Å². The van der Waals surface area contributed by atoms with Gasteiger partial charge >= 0.3 is 0 Å². The Balaban J connectivity index is 2.38. The van der Waals surface area contributed by atoms with Crippen LogP contribution >= 0.6 is 11.6 Å². The maximum absolute atomic E-state index is 5.86. The van der Waals surface area contributed by atoms with E-state index in [1.54, 1.807) is 4.52 Å². The van der Waals surface area contributed by atoms with Crippen LogP contribution in [-0.2, 0) is 0 Å². The lowest BCUT2D eigenvalue weighted by molar-refractivity contribution is 0.753. The summed E-state index contributed by atoms with van der Waals surface area (Å²) < 4.78 is 1.68. The third kappa shape index (κ3) is 2.09. The van der Waals surface area contributed by atoms with Gasteiger partial charge in [0.05, 0.1) is 0 Å². The van der Waals surface area contributed by atoms with Crippen molar-refractivity contribution in [3.8, 4) is 0 Å². The molecule has 1 unspecified atom stereocenters. The first-order valence-electron chi connectivity index (χ1n) is 5.24. The van der Waals surface area contributed by atoms with Crippen LogP contribution < -0.4 is 5.32 Å². The summed E-state index contributed by atoms with van der Waals surface area (Å²) in [6, 6.07) is 2.17. The van der Waals surface area contributed by atoms with Gasteiger partial charge in [0.1, 0.15) is 12.1 Å². The number of hydrogen-bond donors (Lipinski definition) is 1. The van der Waals surface area contributed by atoms with Crippen molar-refractivity contribution in [1.29, 1.82) is 0 Å². The molecule has 0 aliphatic carbocycles. The highest BCUT2D eigenvalue weighted by Gasteiger charge is 2.09. The van der Waals surface area contributed by atoms with Gasteiger partial charge in [-0.1, -0.05) is 6.92 Å². The highest BCUT2D eigenvalue weighted by atomic mass is 35.5. The zero-order valence-electron chi connectivity index (χ0n) is 9.31. The second kappa shape index (κ2) is 4.65. The molecule has 2 aromatic rings. The van der Waals surface area contributed by atoms with Gasteiger partial charge in [0.15, 0.2) is 0 Å². The predicted octanol–water partition coefficient (Wildman–Crippen LogP) is 1.86. The van der Waals surface area contributed by atoms with Gasteiger partial charge in [-0.05, 0) is 13.3 Å². The SMILES string of the molecule is CCC(CCl)Nc1cc(C)nc2ncnn12. The number of anilines is 1. The average molecular weight is 240 g/mol. The first-order chi connectivity index (χ1) is 7.74. The fourth-order valence-corrected chi connectivity index (χ4v) is 1.79. The molecule has 0 spiro atoms. The number of fused-ring (bicyclic) bond motifs is 1. The van der Waals surface area contributed by atoms with E-state index < -0.39 is 0 Å². The summed E-state index contributed by atoms with van der Waals surface area (Å²) in [5.74, 6) is 2.05. The molecule has 5 nitrogen and oxygen atoms in total. The lowest BCUT2D eigenvalue weighted by Crippen LogP contribution is -2.22. The van der Waals surface area contributed by atoms with Crippen LogP contribution in [0.3, 0.4) is 0 Å². The molecule has 0 saturated carbocycles. The Morgan fingerprint density at radius 2 is 2.38 bits per heavy atom. The van der Waals surface area contributed by atoms with E-state index in [2.05, 4.69) is 27.3 Å².